The van der Waals surface area contributed by atoms with E-state index in [9.17, 15) is 13.2 Å². The van der Waals surface area contributed by atoms with Crippen molar-refractivity contribution in [1.82, 2.24) is 4.98 Å². The Kier molecular flexibility index (Phi) is 3.66. The van der Waals surface area contributed by atoms with Gasteiger partial charge in [0.15, 0.2) is 0 Å². The van der Waals surface area contributed by atoms with Gasteiger partial charge in [0.1, 0.15) is 6.26 Å². The van der Waals surface area contributed by atoms with Crippen molar-refractivity contribution in [3.63, 3.8) is 0 Å². The van der Waals surface area contributed by atoms with E-state index in [0.717, 1.165) is 12.1 Å². The molecule has 0 aliphatic carbocycles. The Morgan fingerprint density at radius 2 is 1.89 bits per heavy atom. The molecular formula is C13H9ClF3NO. The summed E-state index contributed by atoms with van der Waals surface area (Å²) in [5.41, 5.74) is 0.753. The molecule has 2 rings (SSSR count). The van der Waals surface area contributed by atoms with Crippen molar-refractivity contribution in [2.75, 3.05) is 0 Å². The summed E-state index contributed by atoms with van der Waals surface area (Å²) in [6, 6.07) is 4.64. The van der Waals surface area contributed by atoms with Crippen molar-refractivity contribution < 1.29 is 17.6 Å². The SMILES string of the molecule is C=C(c1ccc(C(F)(F)F)cc1)c1nc(CCl)co1. The highest BCUT2D eigenvalue weighted by molar-refractivity contribution is 6.16. The number of nitrogens with zero attached hydrogens (tertiary/aromatic N) is 1. The van der Waals surface area contributed by atoms with E-state index in [4.69, 9.17) is 16.0 Å². The smallest absolute Gasteiger partial charge is 0.416 e. The highest BCUT2D eigenvalue weighted by atomic mass is 35.5. The molecule has 0 saturated carbocycles. The second-order valence-electron chi connectivity index (χ2n) is 3.83. The van der Waals surface area contributed by atoms with Gasteiger partial charge >= 0.3 is 6.18 Å². The van der Waals surface area contributed by atoms with Gasteiger partial charge in [-0.2, -0.15) is 13.2 Å². The lowest BCUT2D eigenvalue weighted by Gasteiger charge is -2.07. The van der Waals surface area contributed by atoms with Gasteiger partial charge in [-0.05, 0) is 17.7 Å². The standard InChI is InChI=1S/C13H9ClF3NO/c1-8(12-18-11(6-14)7-19-12)9-2-4-10(5-3-9)13(15,16)17/h2-5,7H,1,6H2. The molecule has 0 aliphatic rings. The zero-order chi connectivity index (χ0) is 14.0. The molecular weight excluding hydrogens is 279 g/mol. The molecule has 0 fully saturated rings. The molecule has 0 radical (unpaired) electrons. The molecule has 0 N–H and O–H groups in total. The third-order valence-electron chi connectivity index (χ3n) is 2.51. The molecule has 0 unspecified atom stereocenters. The maximum Gasteiger partial charge on any atom is 0.416 e. The van der Waals surface area contributed by atoms with E-state index in [1.54, 1.807) is 0 Å². The van der Waals surface area contributed by atoms with E-state index < -0.39 is 11.7 Å². The van der Waals surface area contributed by atoms with Gasteiger partial charge in [0.2, 0.25) is 5.89 Å². The van der Waals surface area contributed by atoms with E-state index in [1.165, 1.54) is 18.4 Å². The van der Waals surface area contributed by atoms with Crippen LogP contribution in [0.15, 0.2) is 41.5 Å². The summed E-state index contributed by atoms with van der Waals surface area (Å²) < 4.78 is 42.4. The van der Waals surface area contributed by atoms with Crippen LogP contribution in [0.1, 0.15) is 22.7 Å². The van der Waals surface area contributed by atoms with Crippen LogP contribution in [0.5, 0.6) is 0 Å². The van der Waals surface area contributed by atoms with Crippen molar-refractivity contribution in [3.05, 3.63) is 59.8 Å². The van der Waals surface area contributed by atoms with Gasteiger partial charge in [0, 0.05) is 5.57 Å². The summed E-state index contributed by atoms with van der Waals surface area (Å²) in [5.74, 6) is 0.444. The Labute approximate surface area is 112 Å². The highest BCUT2D eigenvalue weighted by Gasteiger charge is 2.30. The lowest BCUT2D eigenvalue weighted by Crippen LogP contribution is -2.04. The minimum Gasteiger partial charge on any atom is -0.444 e. The first-order valence-corrected chi connectivity index (χ1v) is 5.82. The van der Waals surface area contributed by atoms with Crippen molar-refractivity contribution in [2.24, 2.45) is 0 Å². The first kappa shape index (κ1) is 13.7. The predicted octanol–water partition coefficient (Wildman–Crippen LogP) is 4.49. The fourth-order valence-electron chi connectivity index (χ4n) is 1.49. The van der Waals surface area contributed by atoms with Crippen LogP contribution < -0.4 is 0 Å². The number of hydrogen-bond acceptors (Lipinski definition) is 2. The molecule has 1 aromatic heterocycles. The van der Waals surface area contributed by atoms with Crippen molar-refractivity contribution in [1.29, 1.82) is 0 Å². The monoisotopic (exact) mass is 287 g/mol. The van der Waals surface area contributed by atoms with E-state index in [-0.39, 0.29) is 11.8 Å². The van der Waals surface area contributed by atoms with Crippen LogP contribution in [0.3, 0.4) is 0 Å². The molecule has 0 saturated heterocycles. The van der Waals surface area contributed by atoms with E-state index in [0.29, 0.717) is 16.8 Å². The molecule has 1 aromatic carbocycles. The molecule has 0 aliphatic heterocycles. The van der Waals surface area contributed by atoms with Crippen LogP contribution >= 0.6 is 11.6 Å². The molecule has 0 spiro atoms. The zero-order valence-electron chi connectivity index (χ0n) is 9.67. The van der Waals surface area contributed by atoms with Crippen LogP contribution in [-0.2, 0) is 12.1 Å². The van der Waals surface area contributed by atoms with E-state index >= 15 is 0 Å². The molecule has 0 bridgehead atoms. The average Bonchev–Trinajstić information content (AvgIpc) is 2.86. The summed E-state index contributed by atoms with van der Waals surface area (Å²) in [5, 5.41) is 0. The number of alkyl halides is 4. The molecule has 0 atom stereocenters. The first-order valence-electron chi connectivity index (χ1n) is 5.29. The largest absolute Gasteiger partial charge is 0.444 e. The van der Waals surface area contributed by atoms with Crippen LogP contribution in [0.25, 0.3) is 5.57 Å². The fraction of sp³-hybridized carbons (Fsp3) is 0.154. The minimum absolute atomic E-state index is 0.198. The van der Waals surface area contributed by atoms with Crippen LogP contribution in [0.4, 0.5) is 13.2 Å². The molecule has 0 amide bonds. The quantitative estimate of drug-likeness (QED) is 0.777. The molecule has 100 valence electrons. The van der Waals surface area contributed by atoms with Crippen molar-refractivity contribution in [3.8, 4) is 0 Å². The second kappa shape index (κ2) is 5.09. The fourth-order valence-corrected chi connectivity index (χ4v) is 1.61. The Hall–Kier alpha value is -1.75. The van der Waals surface area contributed by atoms with Crippen molar-refractivity contribution >= 4 is 17.2 Å². The summed E-state index contributed by atoms with van der Waals surface area (Å²) >= 11 is 5.58. The average molecular weight is 288 g/mol. The highest BCUT2D eigenvalue weighted by Crippen LogP contribution is 2.30. The maximum atomic E-state index is 12.4. The summed E-state index contributed by atoms with van der Waals surface area (Å²) in [7, 11) is 0. The number of halogens is 4. The van der Waals surface area contributed by atoms with Gasteiger partial charge in [0.25, 0.3) is 0 Å². The molecule has 2 nitrogen and oxygen atoms in total. The number of oxazole rings is 1. The predicted molar refractivity (Wildman–Crippen MR) is 65.6 cm³/mol. The molecule has 1 heterocycles. The number of aromatic nitrogens is 1. The Bertz CT molecular complexity index is 587. The topological polar surface area (TPSA) is 26.0 Å². The normalized spacial score (nSPS) is 11.6. The van der Waals surface area contributed by atoms with Gasteiger partial charge in [-0.1, -0.05) is 18.7 Å². The lowest BCUT2D eigenvalue weighted by atomic mass is 10.1. The van der Waals surface area contributed by atoms with Crippen molar-refractivity contribution in [2.45, 2.75) is 12.1 Å². The molecule has 19 heavy (non-hydrogen) atoms. The molecule has 2 aromatic rings. The third-order valence-corrected chi connectivity index (χ3v) is 2.78. The van der Waals surface area contributed by atoms with Gasteiger partial charge in [0.05, 0.1) is 17.1 Å². The number of benzene rings is 1. The number of rotatable bonds is 3. The summed E-state index contributed by atoms with van der Waals surface area (Å²) in [6.07, 6.45) is -2.97. The van der Waals surface area contributed by atoms with E-state index in [1.807, 2.05) is 0 Å². The van der Waals surface area contributed by atoms with Gasteiger partial charge in [-0.15, -0.1) is 11.6 Å². The maximum absolute atomic E-state index is 12.4. The van der Waals surface area contributed by atoms with Crippen LogP contribution in [0.2, 0.25) is 0 Å². The zero-order valence-corrected chi connectivity index (χ0v) is 10.4. The lowest BCUT2D eigenvalue weighted by molar-refractivity contribution is -0.137. The Balaban J connectivity index is 2.25. The first-order chi connectivity index (χ1) is 8.91. The molecule has 6 heteroatoms. The second-order valence-corrected chi connectivity index (χ2v) is 4.10. The Morgan fingerprint density at radius 1 is 1.26 bits per heavy atom. The number of hydrogen-bond donors (Lipinski definition) is 0. The van der Waals surface area contributed by atoms with Crippen LogP contribution in [0, 0.1) is 0 Å². The minimum atomic E-state index is -4.35. The summed E-state index contributed by atoms with van der Waals surface area (Å²) in [4.78, 5) is 4.06. The summed E-state index contributed by atoms with van der Waals surface area (Å²) in [6.45, 7) is 3.75. The van der Waals surface area contributed by atoms with Gasteiger partial charge in [-0.25, -0.2) is 4.98 Å². The van der Waals surface area contributed by atoms with Crippen LogP contribution in [-0.4, -0.2) is 4.98 Å². The van der Waals surface area contributed by atoms with Gasteiger partial charge < -0.3 is 4.42 Å². The van der Waals surface area contributed by atoms with Gasteiger partial charge in [-0.3, -0.25) is 0 Å². The third kappa shape index (κ3) is 2.98. The van der Waals surface area contributed by atoms with E-state index in [2.05, 4.69) is 11.6 Å². The Morgan fingerprint density at radius 3 is 2.37 bits per heavy atom.